The maximum absolute atomic E-state index is 15.0. The summed E-state index contributed by atoms with van der Waals surface area (Å²) < 4.78 is 20.2. The first-order chi connectivity index (χ1) is 15.4. The number of benzene rings is 1. The van der Waals surface area contributed by atoms with Gasteiger partial charge in [0.05, 0.1) is 42.5 Å². The van der Waals surface area contributed by atoms with Crippen molar-refractivity contribution < 1.29 is 28.3 Å². The monoisotopic (exact) mass is 462 g/mol. The van der Waals surface area contributed by atoms with Crippen molar-refractivity contribution in [3.8, 4) is 0 Å². The Labute approximate surface area is 188 Å². The molecule has 2 aliphatic rings. The average molecular weight is 463 g/mol. The first-order valence-electron chi connectivity index (χ1n) is 10.2. The Hall–Kier alpha value is -3.18. The van der Waals surface area contributed by atoms with E-state index in [1.165, 1.54) is 34.3 Å². The van der Waals surface area contributed by atoms with Crippen molar-refractivity contribution in [3.05, 3.63) is 46.4 Å². The zero-order chi connectivity index (χ0) is 22.7. The number of carbonyl (C=O) groups excluding carboxylic acids is 3. The van der Waals surface area contributed by atoms with Crippen LogP contribution < -0.4 is 15.1 Å². The molecule has 1 atom stereocenters. The summed E-state index contributed by atoms with van der Waals surface area (Å²) in [6.45, 7) is 3.14. The number of carbonyl (C=O) groups is 3. The van der Waals surface area contributed by atoms with Crippen molar-refractivity contribution in [3.63, 3.8) is 0 Å². The van der Waals surface area contributed by atoms with Crippen LogP contribution in [0.5, 0.6) is 0 Å². The number of thiophene rings is 1. The molecule has 2 fully saturated rings. The van der Waals surface area contributed by atoms with Gasteiger partial charge in [-0.25, -0.2) is 14.2 Å². The fourth-order valence-electron chi connectivity index (χ4n) is 3.59. The van der Waals surface area contributed by atoms with Gasteiger partial charge in [0, 0.05) is 20.0 Å². The summed E-state index contributed by atoms with van der Waals surface area (Å²) in [6, 6.07) is 8.09. The van der Waals surface area contributed by atoms with Gasteiger partial charge >= 0.3 is 6.09 Å². The summed E-state index contributed by atoms with van der Waals surface area (Å²) in [5.74, 6) is -0.912. The van der Waals surface area contributed by atoms with Crippen LogP contribution in [-0.4, -0.2) is 68.4 Å². The first kappa shape index (κ1) is 22.0. The maximum Gasteiger partial charge on any atom is 0.414 e. The Balaban J connectivity index is 1.40. The molecule has 4 rings (SSSR count). The quantitative estimate of drug-likeness (QED) is 0.733. The Kier molecular flexibility index (Phi) is 6.56. The van der Waals surface area contributed by atoms with E-state index in [2.05, 4.69) is 5.32 Å². The van der Waals surface area contributed by atoms with Crippen molar-refractivity contribution in [2.75, 3.05) is 49.1 Å². The van der Waals surface area contributed by atoms with Crippen LogP contribution in [0.1, 0.15) is 16.6 Å². The van der Waals surface area contributed by atoms with Crippen LogP contribution in [0.25, 0.3) is 0 Å². The molecule has 2 saturated heterocycles. The number of hydrogen-bond donors (Lipinski definition) is 1. The van der Waals surface area contributed by atoms with Crippen LogP contribution in [-0.2, 0) is 14.4 Å². The number of anilines is 2. The minimum Gasteiger partial charge on any atom is -0.442 e. The third kappa shape index (κ3) is 4.83. The Morgan fingerprint density at radius 1 is 1.25 bits per heavy atom. The second-order valence-corrected chi connectivity index (χ2v) is 8.34. The lowest BCUT2D eigenvalue weighted by atomic mass is 10.2. The third-order valence-electron chi connectivity index (χ3n) is 5.18. The number of hydroxylamine groups is 2. The second-order valence-electron chi connectivity index (χ2n) is 7.39. The molecule has 2 aromatic rings. The van der Waals surface area contributed by atoms with E-state index in [1.807, 2.05) is 10.3 Å². The predicted molar refractivity (Wildman–Crippen MR) is 116 cm³/mol. The van der Waals surface area contributed by atoms with E-state index in [9.17, 15) is 18.8 Å². The SMILES string of the molecule is CC(=O)NCC1CN(c2ccc(N3CCON(C(=O)c4cccs4)CC3)c(F)c2)C(=O)O1. The zero-order valence-corrected chi connectivity index (χ0v) is 18.3. The number of cyclic esters (lactones) is 1. The van der Waals surface area contributed by atoms with E-state index in [0.717, 1.165) is 0 Å². The number of nitrogens with zero attached hydrogens (tertiary/aromatic N) is 3. The maximum atomic E-state index is 15.0. The molecule has 0 saturated carbocycles. The summed E-state index contributed by atoms with van der Waals surface area (Å²) in [7, 11) is 0. The van der Waals surface area contributed by atoms with Crippen molar-refractivity contribution >= 4 is 40.6 Å². The second kappa shape index (κ2) is 9.53. The first-order valence-corrected chi connectivity index (χ1v) is 11.1. The molecule has 3 heterocycles. The van der Waals surface area contributed by atoms with E-state index in [1.54, 1.807) is 24.3 Å². The molecular weight excluding hydrogens is 439 g/mol. The Bertz CT molecular complexity index is 1000. The van der Waals surface area contributed by atoms with Gasteiger partial charge in [0.1, 0.15) is 11.9 Å². The molecule has 1 aromatic heterocycles. The molecular formula is C21H23FN4O5S. The van der Waals surface area contributed by atoms with Crippen molar-refractivity contribution in [2.24, 2.45) is 0 Å². The largest absolute Gasteiger partial charge is 0.442 e. The van der Waals surface area contributed by atoms with Crippen molar-refractivity contribution in [2.45, 2.75) is 13.0 Å². The topological polar surface area (TPSA) is 91.4 Å². The number of ether oxygens (including phenoxy) is 1. The summed E-state index contributed by atoms with van der Waals surface area (Å²) in [6.07, 6.45) is -1.08. The number of rotatable bonds is 5. The fraction of sp³-hybridized carbons (Fsp3) is 0.381. The van der Waals surface area contributed by atoms with Gasteiger partial charge in [0.15, 0.2) is 0 Å². The normalized spacial score (nSPS) is 19.0. The van der Waals surface area contributed by atoms with E-state index in [0.29, 0.717) is 35.9 Å². The molecule has 3 amide bonds. The van der Waals surface area contributed by atoms with E-state index >= 15 is 0 Å². The molecule has 9 nitrogen and oxygen atoms in total. The molecule has 32 heavy (non-hydrogen) atoms. The number of hydrogen-bond acceptors (Lipinski definition) is 7. The zero-order valence-electron chi connectivity index (χ0n) is 17.5. The molecule has 0 radical (unpaired) electrons. The Morgan fingerprint density at radius 3 is 2.81 bits per heavy atom. The van der Waals surface area contributed by atoms with Gasteiger partial charge in [-0.05, 0) is 29.6 Å². The summed E-state index contributed by atoms with van der Waals surface area (Å²) >= 11 is 1.34. The molecule has 0 spiro atoms. The van der Waals surface area contributed by atoms with Gasteiger partial charge in [0.2, 0.25) is 5.91 Å². The summed E-state index contributed by atoms with van der Waals surface area (Å²) in [5.41, 5.74) is 0.743. The van der Waals surface area contributed by atoms with E-state index in [4.69, 9.17) is 9.57 Å². The molecule has 2 aliphatic heterocycles. The van der Waals surface area contributed by atoms with Gasteiger partial charge in [-0.1, -0.05) is 6.07 Å². The smallest absolute Gasteiger partial charge is 0.414 e. The van der Waals surface area contributed by atoms with Crippen LogP contribution in [0.4, 0.5) is 20.6 Å². The van der Waals surface area contributed by atoms with Gasteiger partial charge in [-0.15, -0.1) is 11.3 Å². The average Bonchev–Trinajstić information content (AvgIpc) is 3.36. The van der Waals surface area contributed by atoms with E-state index in [-0.39, 0.29) is 31.5 Å². The molecule has 170 valence electrons. The van der Waals surface area contributed by atoms with Crippen LogP contribution in [0, 0.1) is 5.82 Å². The number of amides is 3. The number of halogens is 1. The highest BCUT2D eigenvalue weighted by molar-refractivity contribution is 7.12. The van der Waals surface area contributed by atoms with E-state index < -0.39 is 18.0 Å². The molecule has 0 aliphatic carbocycles. The fourth-order valence-corrected chi connectivity index (χ4v) is 4.25. The molecule has 0 bridgehead atoms. The van der Waals surface area contributed by atoms with Gasteiger partial charge < -0.3 is 15.0 Å². The standard InChI is InChI=1S/C21H23FN4O5S/c1-14(27)23-12-16-13-25(21(29)31-16)15-4-5-18(17(22)11-15)24-6-7-26(30-9-8-24)20(28)19-3-2-10-32-19/h2-5,10-11,16H,6-9,12-13H2,1H3,(H,23,27). The summed E-state index contributed by atoms with van der Waals surface area (Å²) in [4.78, 5) is 45.0. The lowest BCUT2D eigenvalue weighted by molar-refractivity contribution is -0.119. The molecule has 1 N–H and O–H groups in total. The van der Waals surface area contributed by atoms with Crippen LogP contribution >= 0.6 is 11.3 Å². The van der Waals surface area contributed by atoms with Gasteiger partial charge in [0.25, 0.3) is 5.91 Å². The predicted octanol–water partition coefficient (Wildman–Crippen LogP) is 2.24. The lowest BCUT2D eigenvalue weighted by Gasteiger charge is -2.23. The highest BCUT2D eigenvalue weighted by Crippen LogP contribution is 2.28. The lowest BCUT2D eigenvalue weighted by Crippen LogP contribution is -2.34. The van der Waals surface area contributed by atoms with Crippen molar-refractivity contribution in [1.29, 1.82) is 0 Å². The van der Waals surface area contributed by atoms with Gasteiger partial charge in [-0.3, -0.25) is 19.3 Å². The Morgan fingerprint density at radius 2 is 2.09 bits per heavy atom. The molecule has 11 heteroatoms. The van der Waals surface area contributed by atoms with Crippen molar-refractivity contribution in [1.82, 2.24) is 10.4 Å². The van der Waals surface area contributed by atoms with Gasteiger partial charge in [-0.2, -0.15) is 0 Å². The molecule has 1 aromatic carbocycles. The summed E-state index contributed by atoms with van der Waals surface area (Å²) in [5, 5.41) is 5.75. The minimum absolute atomic E-state index is 0.201. The number of nitrogens with one attached hydrogen (secondary N) is 1. The van der Waals surface area contributed by atoms with Crippen LogP contribution in [0.15, 0.2) is 35.7 Å². The minimum atomic E-state index is -0.585. The van der Waals surface area contributed by atoms with Crippen LogP contribution in [0.2, 0.25) is 0 Å². The van der Waals surface area contributed by atoms with Crippen LogP contribution in [0.3, 0.4) is 0 Å². The third-order valence-corrected chi connectivity index (χ3v) is 6.03. The highest BCUT2D eigenvalue weighted by Gasteiger charge is 2.33. The highest BCUT2D eigenvalue weighted by atomic mass is 32.1. The molecule has 1 unspecified atom stereocenters.